The topological polar surface area (TPSA) is 65.1 Å². The quantitative estimate of drug-likeness (QED) is 0.426. The molecule has 1 aromatic carbocycles. The molecule has 3 rings (SSSR count). The molecule has 2 aliphatic rings. The first-order valence-corrected chi connectivity index (χ1v) is 13.1. The van der Waals surface area contributed by atoms with Crippen molar-refractivity contribution in [2.75, 3.05) is 7.11 Å². The van der Waals surface area contributed by atoms with Gasteiger partial charge in [0.1, 0.15) is 12.6 Å². The molecule has 1 heterocycles. The molecule has 1 amide bonds. The smallest absolute Gasteiger partial charge is 0.411 e. The first-order valence-electron chi connectivity index (χ1n) is 9.71. The van der Waals surface area contributed by atoms with E-state index in [-0.39, 0.29) is 24.7 Å². The lowest BCUT2D eigenvalue weighted by Crippen LogP contribution is -2.48. The Morgan fingerprint density at radius 1 is 1.18 bits per heavy atom. The minimum atomic E-state index is -1.77. The number of amides is 1. The van der Waals surface area contributed by atoms with E-state index in [1.54, 1.807) is 4.90 Å². The minimum absolute atomic E-state index is 0.0603. The van der Waals surface area contributed by atoms with Gasteiger partial charge in [-0.15, -0.1) is 0 Å². The maximum atomic E-state index is 12.9. The van der Waals surface area contributed by atoms with Crippen molar-refractivity contribution in [1.82, 2.24) is 4.90 Å². The van der Waals surface area contributed by atoms with Gasteiger partial charge in [0, 0.05) is 12.0 Å². The van der Waals surface area contributed by atoms with Crippen LogP contribution in [0, 0.1) is 5.92 Å². The molecule has 28 heavy (non-hydrogen) atoms. The van der Waals surface area contributed by atoms with E-state index in [1.165, 1.54) is 7.11 Å². The predicted octanol–water partition coefficient (Wildman–Crippen LogP) is 3.74. The third kappa shape index (κ3) is 4.64. The number of hydrogen-bond donors (Lipinski definition) is 0. The molecule has 1 fully saturated rings. The van der Waals surface area contributed by atoms with Crippen molar-refractivity contribution in [3.8, 4) is 0 Å². The van der Waals surface area contributed by atoms with Crippen LogP contribution < -0.4 is 0 Å². The second kappa shape index (κ2) is 8.49. The van der Waals surface area contributed by atoms with Gasteiger partial charge in [0.05, 0.1) is 13.2 Å². The Bertz CT molecular complexity index is 730. The van der Waals surface area contributed by atoms with Crippen LogP contribution in [0.5, 0.6) is 0 Å². The van der Waals surface area contributed by atoms with Crippen LogP contribution in [0.25, 0.3) is 0 Å². The Balaban J connectivity index is 1.78. The molecule has 0 unspecified atom stereocenters. The summed E-state index contributed by atoms with van der Waals surface area (Å²) in [7, 11) is -0.419. The zero-order valence-corrected chi connectivity index (χ0v) is 18.0. The van der Waals surface area contributed by atoms with Gasteiger partial charge in [-0.05, 0) is 38.0 Å². The van der Waals surface area contributed by atoms with Gasteiger partial charge in [-0.1, -0.05) is 42.5 Å². The summed E-state index contributed by atoms with van der Waals surface area (Å²) in [5, 5.41) is 0. The van der Waals surface area contributed by atoms with Gasteiger partial charge in [0.2, 0.25) is 0 Å². The minimum Gasteiger partial charge on any atom is -0.467 e. The van der Waals surface area contributed by atoms with E-state index in [2.05, 4.69) is 25.7 Å². The third-order valence-electron chi connectivity index (χ3n) is 5.19. The van der Waals surface area contributed by atoms with Crippen LogP contribution in [0.3, 0.4) is 0 Å². The van der Waals surface area contributed by atoms with Gasteiger partial charge < -0.3 is 13.9 Å². The van der Waals surface area contributed by atoms with Gasteiger partial charge in [0.15, 0.2) is 8.32 Å². The number of nitrogens with zero attached hydrogens (tertiary/aromatic N) is 1. The summed E-state index contributed by atoms with van der Waals surface area (Å²) >= 11 is 0. The van der Waals surface area contributed by atoms with E-state index >= 15 is 0 Å². The average molecular weight is 404 g/mol. The highest BCUT2D eigenvalue weighted by atomic mass is 28.4. The van der Waals surface area contributed by atoms with E-state index in [9.17, 15) is 9.59 Å². The van der Waals surface area contributed by atoms with E-state index < -0.39 is 26.4 Å². The number of methoxy groups -OCH3 is 1. The molecule has 0 N–H and O–H groups in total. The average Bonchev–Trinajstić information content (AvgIpc) is 3.06. The van der Waals surface area contributed by atoms with Crippen molar-refractivity contribution in [3.05, 3.63) is 48.0 Å². The van der Waals surface area contributed by atoms with E-state index in [0.29, 0.717) is 12.8 Å². The van der Waals surface area contributed by atoms with Crippen LogP contribution in [0.15, 0.2) is 42.5 Å². The largest absolute Gasteiger partial charge is 0.467 e. The molecule has 0 saturated carbocycles. The number of hydrogen-bond acceptors (Lipinski definition) is 5. The second-order valence-electron chi connectivity index (χ2n) is 8.31. The fourth-order valence-electron chi connectivity index (χ4n) is 4.04. The van der Waals surface area contributed by atoms with E-state index in [1.807, 2.05) is 36.4 Å². The number of fused-ring (bicyclic) bond motifs is 1. The molecule has 1 aliphatic heterocycles. The zero-order chi connectivity index (χ0) is 20.3. The van der Waals surface area contributed by atoms with E-state index in [0.717, 1.165) is 5.56 Å². The van der Waals surface area contributed by atoms with Crippen molar-refractivity contribution in [3.63, 3.8) is 0 Å². The third-order valence-corrected chi connectivity index (χ3v) is 6.17. The molecular weight excluding hydrogens is 374 g/mol. The zero-order valence-electron chi connectivity index (χ0n) is 17.0. The highest BCUT2D eigenvalue weighted by Crippen LogP contribution is 2.40. The molecule has 0 radical (unpaired) electrons. The SMILES string of the molecule is COC(=O)[C@H]1C[C@@H]2[C@@H](O[Si](C)(C)C)C=CC[C@@H]2N1C(=O)OCc1ccccc1. The standard InChI is InChI=1S/C21H29NO5Si/c1-25-20(23)18-13-16-17(11-8-12-19(16)27-28(2,3)4)22(18)21(24)26-14-15-9-6-5-7-10-15/h5-10,12,16-19H,11,13-14H2,1-4H3/t16-,17-,18+,19-/m0/s1. The Morgan fingerprint density at radius 3 is 2.54 bits per heavy atom. The number of carbonyl (C=O) groups is 2. The van der Waals surface area contributed by atoms with Crippen LogP contribution in [0.4, 0.5) is 4.79 Å². The van der Waals surface area contributed by atoms with Crippen LogP contribution in [-0.2, 0) is 25.3 Å². The summed E-state index contributed by atoms with van der Waals surface area (Å²) in [6.07, 6.45) is 4.76. The number of esters is 1. The number of likely N-dealkylation sites (tertiary alicyclic amines) is 1. The molecule has 7 heteroatoms. The maximum absolute atomic E-state index is 12.9. The van der Waals surface area contributed by atoms with Crippen LogP contribution in [0.1, 0.15) is 18.4 Å². The fourth-order valence-corrected chi connectivity index (χ4v) is 5.11. The monoisotopic (exact) mass is 403 g/mol. The molecular formula is C21H29NO5Si. The molecule has 1 saturated heterocycles. The van der Waals surface area contributed by atoms with Crippen LogP contribution >= 0.6 is 0 Å². The van der Waals surface area contributed by atoms with E-state index in [4.69, 9.17) is 13.9 Å². The Labute approximate surface area is 167 Å². The fraction of sp³-hybridized carbons (Fsp3) is 0.524. The number of ether oxygens (including phenoxy) is 2. The first-order chi connectivity index (χ1) is 13.3. The lowest BCUT2D eigenvalue weighted by atomic mass is 9.87. The molecule has 6 nitrogen and oxygen atoms in total. The van der Waals surface area contributed by atoms with Crippen LogP contribution in [0.2, 0.25) is 19.6 Å². The highest BCUT2D eigenvalue weighted by molar-refractivity contribution is 6.69. The summed E-state index contributed by atoms with van der Waals surface area (Å²) in [5.74, 6) is -0.345. The predicted molar refractivity (Wildman–Crippen MR) is 108 cm³/mol. The van der Waals surface area contributed by atoms with Crippen molar-refractivity contribution in [2.45, 2.75) is 57.3 Å². The normalized spacial score (nSPS) is 26.6. The molecule has 1 aliphatic carbocycles. The summed E-state index contributed by atoms with van der Waals surface area (Å²) in [4.78, 5) is 26.9. The van der Waals surface area contributed by atoms with Gasteiger partial charge in [-0.2, -0.15) is 0 Å². The molecule has 0 bridgehead atoms. The summed E-state index contributed by atoms with van der Waals surface area (Å²) < 4.78 is 16.9. The Morgan fingerprint density at radius 2 is 1.89 bits per heavy atom. The van der Waals surface area contributed by atoms with Gasteiger partial charge in [0.25, 0.3) is 0 Å². The summed E-state index contributed by atoms with van der Waals surface area (Å²) in [5.41, 5.74) is 0.907. The Hall–Kier alpha value is -2.12. The maximum Gasteiger partial charge on any atom is 0.411 e. The van der Waals surface area contributed by atoms with Gasteiger partial charge in [-0.3, -0.25) is 4.90 Å². The lowest BCUT2D eigenvalue weighted by Gasteiger charge is -2.36. The summed E-state index contributed by atoms with van der Waals surface area (Å²) in [6.45, 7) is 6.60. The van der Waals surface area contributed by atoms with Crippen molar-refractivity contribution in [1.29, 1.82) is 0 Å². The first kappa shape index (κ1) is 20.6. The Kier molecular flexibility index (Phi) is 6.25. The molecule has 152 valence electrons. The highest BCUT2D eigenvalue weighted by Gasteiger charge is 2.51. The molecule has 1 aromatic rings. The molecule has 4 atom stereocenters. The van der Waals surface area contributed by atoms with Gasteiger partial charge >= 0.3 is 12.1 Å². The second-order valence-corrected chi connectivity index (χ2v) is 12.8. The van der Waals surface area contributed by atoms with Crippen molar-refractivity contribution < 1.29 is 23.5 Å². The van der Waals surface area contributed by atoms with Crippen LogP contribution in [-0.4, -0.2) is 50.6 Å². The number of rotatable bonds is 5. The number of benzene rings is 1. The molecule has 0 spiro atoms. The van der Waals surface area contributed by atoms with Crippen molar-refractivity contribution >= 4 is 20.4 Å². The van der Waals surface area contributed by atoms with Crippen molar-refractivity contribution in [2.24, 2.45) is 5.92 Å². The molecule has 0 aromatic heterocycles. The van der Waals surface area contributed by atoms with Gasteiger partial charge in [-0.25, -0.2) is 9.59 Å². The number of carbonyl (C=O) groups excluding carboxylic acids is 2. The lowest BCUT2D eigenvalue weighted by molar-refractivity contribution is -0.145. The summed E-state index contributed by atoms with van der Waals surface area (Å²) in [6, 6.07) is 8.75.